The molecule has 18 heavy (non-hydrogen) atoms. The Kier molecular flexibility index (Phi) is 3.87. The second kappa shape index (κ2) is 5.40. The number of anilines is 3. The van der Waals surface area contributed by atoms with Crippen molar-refractivity contribution >= 4 is 33.0 Å². The second-order valence-corrected chi connectivity index (χ2v) is 5.00. The Labute approximate surface area is 116 Å². The number of rotatable bonds is 3. The van der Waals surface area contributed by atoms with Crippen LogP contribution in [0.2, 0.25) is 0 Å². The maximum atomic E-state index is 6.04. The van der Waals surface area contributed by atoms with Crippen LogP contribution in [0.15, 0.2) is 41.1 Å². The molecule has 1 heterocycles. The molecular weight excluding hydrogens is 290 g/mol. The zero-order valence-electron chi connectivity index (χ0n) is 10.5. The van der Waals surface area contributed by atoms with Crippen molar-refractivity contribution in [3.63, 3.8) is 0 Å². The van der Waals surface area contributed by atoms with E-state index in [1.54, 1.807) is 12.4 Å². The number of nitrogens with zero attached hydrogens (tertiary/aromatic N) is 2. The molecule has 2 N–H and O–H groups in total. The Balaban J connectivity index is 2.52. The number of aryl methyl sites for hydroxylation is 1. The minimum absolute atomic E-state index is 0.674. The van der Waals surface area contributed by atoms with Crippen molar-refractivity contribution in [3.8, 4) is 0 Å². The van der Waals surface area contributed by atoms with Crippen LogP contribution in [0.25, 0.3) is 0 Å². The number of hydrogen-bond donors (Lipinski definition) is 1. The molecule has 0 atom stereocenters. The summed E-state index contributed by atoms with van der Waals surface area (Å²) >= 11 is 3.52. The summed E-state index contributed by atoms with van der Waals surface area (Å²) in [7, 11) is 0. The predicted octanol–water partition coefficient (Wildman–Crippen LogP) is 3.89. The van der Waals surface area contributed by atoms with E-state index < -0.39 is 0 Å². The summed E-state index contributed by atoms with van der Waals surface area (Å²) < 4.78 is 0.908. The van der Waals surface area contributed by atoms with Gasteiger partial charge in [-0.15, -0.1) is 0 Å². The van der Waals surface area contributed by atoms with E-state index in [0.29, 0.717) is 5.69 Å². The van der Waals surface area contributed by atoms with E-state index in [4.69, 9.17) is 5.73 Å². The topological polar surface area (TPSA) is 42.1 Å². The molecule has 2 rings (SSSR count). The van der Waals surface area contributed by atoms with Crippen LogP contribution in [0.4, 0.5) is 17.1 Å². The van der Waals surface area contributed by atoms with Crippen LogP contribution in [0.5, 0.6) is 0 Å². The molecule has 0 aliphatic rings. The van der Waals surface area contributed by atoms with E-state index in [2.05, 4.69) is 63.9 Å². The van der Waals surface area contributed by atoms with Crippen LogP contribution in [-0.4, -0.2) is 11.5 Å². The Morgan fingerprint density at radius 1 is 1.33 bits per heavy atom. The lowest BCUT2D eigenvalue weighted by molar-refractivity contribution is 1.02. The fraction of sp³-hybridized carbons (Fsp3) is 0.214. The fourth-order valence-electron chi connectivity index (χ4n) is 1.99. The van der Waals surface area contributed by atoms with E-state index >= 15 is 0 Å². The van der Waals surface area contributed by atoms with Gasteiger partial charge >= 0.3 is 0 Å². The van der Waals surface area contributed by atoms with E-state index in [1.807, 2.05) is 0 Å². The minimum atomic E-state index is 0.674. The molecule has 0 saturated heterocycles. The number of halogens is 1. The molecule has 94 valence electrons. The summed E-state index contributed by atoms with van der Waals surface area (Å²) in [5, 5.41) is 0. The molecular formula is C14H16BrN3. The first-order valence-electron chi connectivity index (χ1n) is 5.86. The lowest BCUT2D eigenvalue weighted by Gasteiger charge is -2.26. The molecule has 1 aromatic heterocycles. The first kappa shape index (κ1) is 12.9. The zero-order chi connectivity index (χ0) is 13.1. The summed E-state index contributed by atoms with van der Waals surface area (Å²) in [6, 6.07) is 8.37. The van der Waals surface area contributed by atoms with Gasteiger partial charge in [-0.05, 0) is 47.5 Å². The average Bonchev–Trinajstić information content (AvgIpc) is 2.34. The van der Waals surface area contributed by atoms with Crippen molar-refractivity contribution < 1.29 is 0 Å². The highest BCUT2D eigenvalue weighted by atomic mass is 79.9. The smallest absolute Gasteiger partial charge is 0.0820 e. The highest BCUT2D eigenvalue weighted by Crippen LogP contribution is 2.36. The number of hydrogen-bond acceptors (Lipinski definition) is 3. The molecule has 0 radical (unpaired) electrons. The summed E-state index contributed by atoms with van der Waals surface area (Å²) in [5.41, 5.74) is 10.0. The van der Waals surface area contributed by atoms with Crippen LogP contribution < -0.4 is 10.6 Å². The van der Waals surface area contributed by atoms with Gasteiger partial charge in [0.25, 0.3) is 0 Å². The molecule has 0 bridgehead atoms. The van der Waals surface area contributed by atoms with Gasteiger partial charge < -0.3 is 10.6 Å². The van der Waals surface area contributed by atoms with E-state index in [1.165, 1.54) is 5.56 Å². The maximum Gasteiger partial charge on any atom is 0.0820 e. The largest absolute Gasteiger partial charge is 0.396 e. The van der Waals surface area contributed by atoms with Gasteiger partial charge in [0.05, 0.1) is 22.0 Å². The van der Waals surface area contributed by atoms with Crippen molar-refractivity contribution in [2.24, 2.45) is 0 Å². The molecule has 0 amide bonds. The van der Waals surface area contributed by atoms with Gasteiger partial charge in [0.15, 0.2) is 0 Å². The highest BCUT2D eigenvalue weighted by molar-refractivity contribution is 9.10. The van der Waals surface area contributed by atoms with E-state index in [9.17, 15) is 0 Å². The molecule has 0 aliphatic heterocycles. The first-order chi connectivity index (χ1) is 8.63. The lowest BCUT2D eigenvalue weighted by atomic mass is 10.2. The Morgan fingerprint density at radius 2 is 2.11 bits per heavy atom. The van der Waals surface area contributed by atoms with Gasteiger partial charge in [0.2, 0.25) is 0 Å². The van der Waals surface area contributed by atoms with Gasteiger partial charge in [-0.2, -0.15) is 0 Å². The monoisotopic (exact) mass is 305 g/mol. The third-order valence-electron chi connectivity index (χ3n) is 2.80. The van der Waals surface area contributed by atoms with Gasteiger partial charge in [0.1, 0.15) is 0 Å². The summed E-state index contributed by atoms with van der Waals surface area (Å²) in [6.45, 7) is 5.03. The lowest BCUT2D eigenvalue weighted by Crippen LogP contribution is -2.18. The molecule has 4 heteroatoms. The standard InChI is InChI=1S/C14H16BrN3/c1-3-18(11-6-4-5-10(2)7-11)14-12(15)8-17-9-13(14)16/h4-9H,3,16H2,1-2H3. The molecule has 0 saturated carbocycles. The maximum absolute atomic E-state index is 6.04. The van der Waals surface area contributed by atoms with Gasteiger partial charge in [0, 0.05) is 18.4 Å². The van der Waals surface area contributed by atoms with Crippen molar-refractivity contribution in [1.82, 2.24) is 4.98 Å². The molecule has 0 aliphatic carbocycles. The molecule has 0 spiro atoms. The highest BCUT2D eigenvalue weighted by Gasteiger charge is 2.14. The Bertz CT molecular complexity index is 534. The van der Waals surface area contributed by atoms with Crippen LogP contribution in [0.3, 0.4) is 0 Å². The van der Waals surface area contributed by atoms with Crippen molar-refractivity contribution in [1.29, 1.82) is 0 Å². The third kappa shape index (κ3) is 2.48. The van der Waals surface area contributed by atoms with Crippen LogP contribution in [0.1, 0.15) is 12.5 Å². The molecule has 2 aromatic rings. The first-order valence-corrected chi connectivity index (χ1v) is 6.66. The number of nitrogen functional groups attached to an aromatic ring is 1. The SMILES string of the molecule is CCN(c1cccc(C)c1)c1c(N)cncc1Br. The number of aromatic nitrogens is 1. The van der Waals surface area contributed by atoms with Gasteiger partial charge in [-0.25, -0.2) is 0 Å². The van der Waals surface area contributed by atoms with Crippen molar-refractivity contribution in [2.45, 2.75) is 13.8 Å². The quantitative estimate of drug-likeness (QED) is 0.935. The van der Waals surface area contributed by atoms with Crippen LogP contribution in [0, 0.1) is 6.92 Å². The average molecular weight is 306 g/mol. The van der Waals surface area contributed by atoms with E-state index in [0.717, 1.165) is 22.4 Å². The van der Waals surface area contributed by atoms with Gasteiger partial charge in [-0.1, -0.05) is 12.1 Å². The number of benzene rings is 1. The molecule has 0 unspecified atom stereocenters. The zero-order valence-corrected chi connectivity index (χ0v) is 12.1. The van der Waals surface area contributed by atoms with Gasteiger partial charge in [-0.3, -0.25) is 4.98 Å². The summed E-state index contributed by atoms with van der Waals surface area (Å²) in [5.74, 6) is 0. The molecule has 3 nitrogen and oxygen atoms in total. The van der Waals surface area contributed by atoms with E-state index in [-0.39, 0.29) is 0 Å². The number of pyridine rings is 1. The third-order valence-corrected chi connectivity index (χ3v) is 3.38. The predicted molar refractivity (Wildman–Crippen MR) is 80.2 cm³/mol. The second-order valence-electron chi connectivity index (χ2n) is 4.14. The molecule has 1 aromatic carbocycles. The van der Waals surface area contributed by atoms with Crippen LogP contribution >= 0.6 is 15.9 Å². The number of nitrogens with two attached hydrogens (primary N) is 1. The Hall–Kier alpha value is -1.55. The van der Waals surface area contributed by atoms with Crippen molar-refractivity contribution in [3.05, 3.63) is 46.7 Å². The Morgan fingerprint density at radius 3 is 2.72 bits per heavy atom. The molecule has 0 fully saturated rings. The summed E-state index contributed by atoms with van der Waals surface area (Å²) in [6.07, 6.45) is 3.45. The minimum Gasteiger partial charge on any atom is -0.396 e. The normalized spacial score (nSPS) is 10.4. The fourth-order valence-corrected chi connectivity index (χ4v) is 2.55. The van der Waals surface area contributed by atoms with Crippen molar-refractivity contribution in [2.75, 3.05) is 17.2 Å². The van der Waals surface area contributed by atoms with Crippen LogP contribution in [-0.2, 0) is 0 Å². The summed E-state index contributed by atoms with van der Waals surface area (Å²) in [4.78, 5) is 6.25.